The zero-order valence-electron chi connectivity index (χ0n) is 10.9. The number of hydrogen-bond donors (Lipinski definition) is 2. The molecule has 4 nitrogen and oxygen atoms in total. The molecule has 2 N–H and O–H groups in total. The SMILES string of the molecule is CC(=O)C1=C(C)NC(=O)N[C@@H]1C=Cc1ccccc1. The fourth-order valence-electron chi connectivity index (χ4n) is 2.12. The summed E-state index contributed by atoms with van der Waals surface area (Å²) in [5.41, 5.74) is 2.22. The third-order valence-corrected chi connectivity index (χ3v) is 2.96. The lowest BCUT2D eigenvalue weighted by atomic mass is 9.98. The minimum absolute atomic E-state index is 0.0484. The molecule has 0 bridgehead atoms. The van der Waals surface area contributed by atoms with Gasteiger partial charge in [-0.25, -0.2) is 4.79 Å². The van der Waals surface area contributed by atoms with E-state index in [-0.39, 0.29) is 17.9 Å². The largest absolute Gasteiger partial charge is 0.327 e. The summed E-state index contributed by atoms with van der Waals surface area (Å²) in [5, 5.41) is 5.35. The molecule has 1 aliphatic rings. The van der Waals surface area contributed by atoms with Crippen LogP contribution in [0.2, 0.25) is 0 Å². The van der Waals surface area contributed by atoms with Gasteiger partial charge in [0.05, 0.1) is 6.04 Å². The third kappa shape index (κ3) is 3.10. The van der Waals surface area contributed by atoms with Crippen molar-refractivity contribution >= 4 is 17.9 Å². The summed E-state index contributed by atoms with van der Waals surface area (Å²) < 4.78 is 0. The van der Waals surface area contributed by atoms with Crippen molar-refractivity contribution in [3.8, 4) is 0 Å². The lowest BCUT2D eigenvalue weighted by Gasteiger charge is -2.25. The number of amides is 2. The van der Waals surface area contributed by atoms with Gasteiger partial charge in [0.15, 0.2) is 5.78 Å². The van der Waals surface area contributed by atoms with Gasteiger partial charge in [-0.1, -0.05) is 42.5 Å². The Morgan fingerprint density at radius 1 is 1.26 bits per heavy atom. The van der Waals surface area contributed by atoms with Crippen LogP contribution in [-0.2, 0) is 4.79 Å². The topological polar surface area (TPSA) is 58.2 Å². The van der Waals surface area contributed by atoms with Crippen molar-refractivity contribution in [3.05, 3.63) is 53.2 Å². The maximum Gasteiger partial charge on any atom is 0.319 e. The summed E-state index contributed by atoms with van der Waals surface area (Å²) in [6, 6.07) is 9.07. The lowest BCUT2D eigenvalue weighted by molar-refractivity contribution is -0.113. The molecular formula is C15H16N2O2. The van der Waals surface area contributed by atoms with Crippen LogP contribution in [0.4, 0.5) is 4.79 Å². The quantitative estimate of drug-likeness (QED) is 0.871. The molecule has 1 aliphatic heterocycles. The second kappa shape index (κ2) is 5.52. The predicted octanol–water partition coefficient (Wildman–Crippen LogP) is 2.24. The molecule has 0 saturated carbocycles. The van der Waals surface area contributed by atoms with Crippen LogP contribution in [0.15, 0.2) is 47.7 Å². The van der Waals surface area contributed by atoms with Crippen molar-refractivity contribution in [2.75, 3.05) is 0 Å². The molecule has 0 aliphatic carbocycles. The Morgan fingerprint density at radius 2 is 1.95 bits per heavy atom. The first kappa shape index (κ1) is 13.1. The van der Waals surface area contributed by atoms with Crippen molar-refractivity contribution in [2.24, 2.45) is 0 Å². The van der Waals surface area contributed by atoms with E-state index in [2.05, 4.69) is 10.6 Å². The zero-order valence-corrected chi connectivity index (χ0v) is 10.9. The molecule has 0 unspecified atom stereocenters. The average molecular weight is 256 g/mol. The van der Waals surface area contributed by atoms with Gasteiger partial charge in [-0.15, -0.1) is 0 Å². The molecule has 1 heterocycles. The average Bonchev–Trinajstić information content (AvgIpc) is 2.36. The molecule has 1 atom stereocenters. The Labute approximate surface area is 112 Å². The van der Waals surface area contributed by atoms with Gasteiger partial charge in [0.2, 0.25) is 0 Å². The van der Waals surface area contributed by atoms with Crippen molar-refractivity contribution in [3.63, 3.8) is 0 Å². The number of hydrogen-bond acceptors (Lipinski definition) is 2. The Balaban J connectivity index is 2.27. The van der Waals surface area contributed by atoms with Gasteiger partial charge < -0.3 is 10.6 Å². The van der Waals surface area contributed by atoms with Crippen molar-refractivity contribution in [1.82, 2.24) is 10.6 Å². The maximum absolute atomic E-state index is 11.7. The van der Waals surface area contributed by atoms with E-state index in [0.29, 0.717) is 11.3 Å². The van der Waals surface area contributed by atoms with Crippen LogP contribution in [-0.4, -0.2) is 17.9 Å². The predicted molar refractivity (Wildman–Crippen MR) is 74.3 cm³/mol. The minimum Gasteiger partial charge on any atom is -0.327 e. The first-order chi connectivity index (χ1) is 9.08. The molecule has 0 spiro atoms. The Hall–Kier alpha value is -2.36. The molecule has 2 amide bonds. The Bertz CT molecular complexity index is 559. The van der Waals surface area contributed by atoms with E-state index in [1.165, 1.54) is 6.92 Å². The number of allylic oxidation sites excluding steroid dienone is 1. The summed E-state index contributed by atoms with van der Waals surface area (Å²) in [6.07, 6.45) is 3.72. The molecule has 0 saturated heterocycles. The van der Waals surface area contributed by atoms with Crippen molar-refractivity contribution < 1.29 is 9.59 Å². The van der Waals surface area contributed by atoms with Gasteiger partial charge in [-0.2, -0.15) is 0 Å². The van der Waals surface area contributed by atoms with Gasteiger partial charge in [-0.05, 0) is 19.4 Å². The van der Waals surface area contributed by atoms with Crippen LogP contribution in [0, 0.1) is 0 Å². The fraction of sp³-hybridized carbons (Fsp3) is 0.200. The highest BCUT2D eigenvalue weighted by molar-refractivity contribution is 5.98. The van der Waals surface area contributed by atoms with E-state index in [4.69, 9.17) is 0 Å². The van der Waals surface area contributed by atoms with E-state index in [9.17, 15) is 9.59 Å². The van der Waals surface area contributed by atoms with E-state index < -0.39 is 0 Å². The van der Waals surface area contributed by atoms with Crippen LogP contribution in [0.5, 0.6) is 0 Å². The second-order valence-corrected chi connectivity index (χ2v) is 4.44. The first-order valence-corrected chi connectivity index (χ1v) is 6.10. The summed E-state index contributed by atoms with van der Waals surface area (Å²) in [6.45, 7) is 3.24. The number of carbonyl (C=O) groups is 2. The molecule has 0 fully saturated rings. The highest BCUT2D eigenvalue weighted by Crippen LogP contribution is 2.15. The Morgan fingerprint density at radius 3 is 2.58 bits per heavy atom. The molecular weight excluding hydrogens is 240 g/mol. The molecule has 1 aromatic rings. The molecule has 1 aromatic carbocycles. The number of rotatable bonds is 3. The molecule has 4 heteroatoms. The first-order valence-electron chi connectivity index (χ1n) is 6.10. The molecule has 0 aromatic heterocycles. The van der Waals surface area contributed by atoms with Crippen LogP contribution >= 0.6 is 0 Å². The molecule has 2 rings (SSSR count). The van der Waals surface area contributed by atoms with E-state index in [0.717, 1.165) is 5.56 Å². The zero-order chi connectivity index (χ0) is 13.8. The molecule has 98 valence electrons. The fourth-order valence-corrected chi connectivity index (χ4v) is 2.12. The normalized spacial score (nSPS) is 19.3. The van der Waals surface area contributed by atoms with Crippen LogP contribution < -0.4 is 10.6 Å². The van der Waals surface area contributed by atoms with Gasteiger partial charge in [0, 0.05) is 11.3 Å². The van der Waals surface area contributed by atoms with Gasteiger partial charge in [-0.3, -0.25) is 4.79 Å². The van der Waals surface area contributed by atoms with Crippen molar-refractivity contribution in [1.29, 1.82) is 0 Å². The summed E-state index contributed by atoms with van der Waals surface area (Å²) in [5.74, 6) is -0.0484. The summed E-state index contributed by atoms with van der Waals surface area (Å²) in [4.78, 5) is 23.1. The van der Waals surface area contributed by atoms with Crippen LogP contribution in [0.3, 0.4) is 0 Å². The van der Waals surface area contributed by atoms with Gasteiger partial charge in [0.25, 0.3) is 0 Å². The van der Waals surface area contributed by atoms with Crippen LogP contribution in [0.1, 0.15) is 19.4 Å². The van der Waals surface area contributed by atoms with E-state index >= 15 is 0 Å². The Kier molecular flexibility index (Phi) is 3.80. The van der Waals surface area contributed by atoms with Crippen molar-refractivity contribution in [2.45, 2.75) is 19.9 Å². The number of benzene rings is 1. The van der Waals surface area contributed by atoms with Crippen LogP contribution in [0.25, 0.3) is 6.08 Å². The number of nitrogens with one attached hydrogen (secondary N) is 2. The number of carbonyl (C=O) groups excluding carboxylic acids is 2. The second-order valence-electron chi connectivity index (χ2n) is 4.44. The van der Waals surface area contributed by atoms with Gasteiger partial charge in [0.1, 0.15) is 0 Å². The molecule has 0 radical (unpaired) electrons. The standard InChI is InChI=1S/C15H16N2O2/c1-10-14(11(2)18)13(17-15(19)16-10)9-8-12-6-4-3-5-7-12/h3-9,13H,1-2H3,(H2,16,17,19)/t13-/m1/s1. The van der Waals surface area contributed by atoms with E-state index in [1.807, 2.05) is 42.5 Å². The number of ketones is 1. The minimum atomic E-state index is -0.383. The summed E-state index contributed by atoms with van der Waals surface area (Å²) >= 11 is 0. The smallest absolute Gasteiger partial charge is 0.319 e. The number of Topliss-reactive ketones (excluding diaryl/α,β-unsaturated/α-hetero) is 1. The number of urea groups is 1. The van der Waals surface area contributed by atoms with E-state index in [1.54, 1.807) is 6.92 Å². The lowest BCUT2D eigenvalue weighted by Crippen LogP contribution is -2.48. The summed E-state index contributed by atoms with van der Waals surface area (Å²) in [7, 11) is 0. The highest BCUT2D eigenvalue weighted by Gasteiger charge is 2.25. The van der Waals surface area contributed by atoms with Gasteiger partial charge >= 0.3 is 6.03 Å². The molecule has 19 heavy (non-hydrogen) atoms. The third-order valence-electron chi connectivity index (χ3n) is 2.96. The monoisotopic (exact) mass is 256 g/mol. The highest BCUT2D eigenvalue weighted by atomic mass is 16.2. The maximum atomic E-state index is 11.7.